The molecule has 0 aliphatic heterocycles. The van der Waals surface area contributed by atoms with Crippen LogP contribution in [0.4, 0.5) is 0 Å². The molecular formula is C19H17ClN4O3S. The Morgan fingerprint density at radius 3 is 2.75 bits per heavy atom. The standard InChI is InChI=1S/C19H17ClN4O3S/c1-12-18(25)24(19(28)23-22-12)21-10-14-4-3-5-16(26-2)17(14)27-11-13-6-8-15(20)9-7-13/h3-10H,11H2,1-2H3,(H,23,28)/b21-10+. The average molecular weight is 417 g/mol. The van der Waals surface area contributed by atoms with Crippen LogP contribution in [0.5, 0.6) is 11.5 Å². The second-order valence-electron chi connectivity index (χ2n) is 5.77. The topological polar surface area (TPSA) is 81.5 Å². The van der Waals surface area contributed by atoms with Gasteiger partial charge in [-0.05, 0) is 49.0 Å². The molecular weight excluding hydrogens is 400 g/mol. The molecule has 1 aromatic heterocycles. The number of rotatable bonds is 6. The van der Waals surface area contributed by atoms with Crippen LogP contribution in [0.1, 0.15) is 16.8 Å². The van der Waals surface area contributed by atoms with Crippen molar-refractivity contribution in [2.24, 2.45) is 5.10 Å². The fraction of sp³-hybridized carbons (Fsp3) is 0.158. The Kier molecular flexibility index (Phi) is 6.23. The molecule has 0 saturated heterocycles. The van der Waals surface area contributed by atoms with Crippen LogP contribution in [-0.4, -0.2) is 28.2 Å². The van der Waals surface area contributed by atoms with Crippen molar-refractivity contribution in [3.8, 4) is 11.5 Å². The fourth-order valence-electron chi connectivity index (χ4n) is 2.38. The summed E-state index contributed by atoms with van der Waals surface area (Å²) in [6.45, 7) is 1.89. The number of aromatic amines is 1. The molecule has 0 saturated carbocycles. The average Bonchev–Trinajstić information content (AvgIpc) is 2.70. The molecule has 0 aliphatic rings. The number of H-pyrrole nitrogens is 1. The molecule has 0 aliphatic carbocycles. The first-order chi connectivity index (χ1) is 13.5. The third-order valence-corrected chi connectivity index (χ3v) is 4.37. The largest absolute Gasteiger partial charge is 0.493 e. The quantitative estimate of drug-likeness (QED) is 0.489. The lowest BCUT2D eigenvalue weighted by atomic mass is 10.2. The van der Waals surface area contributed by atoms with E-state index in [2.05, 4.69) is 15.3 Å². The summed E-state index contributed by atoms with van der Waals surface area (Å²) in [5.74, 6) is 1.04. The highest BCUT2D eigenvalue weighted by atomic mass is 35.5. The summed E-state index contributed by atoms with van der Waals surface area (Å²) in [6.07, 6.45) is 1.49. The van der Waals surface area contributed by atoms with E-state index in [9.17, 15) is 4.79 Å². The molecule has 0 amide bonds. The number of nitrogens with one attached hydrogen (secondary N) is 1. The first kappa shape index (κ1) is 19.8. The molecule has 3 aromatic rings. The maximum atomic E-state index is 12.2. The Labute approximate surface area is 171 Å². The molecule has 1 heterocycles. The van der Waals surface area contributed by atoms with E-state index in [0.29, 0.717) is 28.7 Å². The van der Waals surface area contributed by atoms with Gasteiger partial charge in [-0.2, -0.15) is 14.9 Å². The Balaban J connectivity index is 1.93. The highest BCUT2D eigenvalue weighted by Gasteiger charge is 2.10. The number of hydrogen-bond donors (Lipinski definition) is 1. The zero-order valence-electron chi connectivity index (χ0n) is 15.2. The SMILES string of the molecule is COc1cccc(/C=N/n2c(=S)[nH]nc(C)c2=O)c1OCc1ccc(Cl)cc1. The molecule has 3 rings (SSSR count). The Morgan fingerprint density at radius 2 is 2.04 bits per heavy atom. The number of hydrogen-bond acceptors (Lipinski definition) is 6. The monoisotopic (exact) mass is 416 g/mol. The highest BCUT2D eigenvalue weighted by molar-refractivity contribution is 7.71. The zero-order chi connectivity index (χ0) is 20.1. The van der Waals surface area contributed by atoms with Gasteiger partial charge in [0, 0.05) is 10.6 Å². The molecule has 0 radical (unpaired) electrons. The minimum Gasteiger partial charge on any atom is -0.493 e. The van der Waals surface area contributed by atoms with E-state index in [1.165, 1.54) is 6.21 Å². The van der Waals surface area contributed by atoms with Gasteiger partial charge in [-0.3, -0.25) is 9.89 Å². The van der Waals surface area contributed by atoms with Crippen LogP contribution in [0.25, 0.3) is 0 Å². The van der Waals surface area contributed by atoms with Crippen molar-refractivity contribution in [3.63, 3.8) is 0 Å². The molecule has 0 fully saturated rings. The number of aromatic nitrogens is 3. The summed E-state index contributed by atoms with van der Waals surface area (Å²) >= 11 is 11.0. The third-order valence-electron chi connectivity index (χ3n) is 3.85. The van der Waals surface area contributed by atoms with Gasteiger partial charge in [0.25, 0.3) is 5.56 Å². The Bertz CT molecular complexity index is 1120. The summed E-state index contributed by atoms with van der Waals surface area (Å²) in [5.41, 5.74) is 1.44. The second-order valence-corrected chi connectivity index (χ2v) is 6.59. The first-order valence-corrected chi connectivity index (χ1v) is 9.05. The van der Waals surface area contributed by atoms with Gasteiger partial charge in [-0.15, -0.1) is 0 Å². The van der Waals surface area contributed by atoms with Crippen LogP contribution in [-0.2, 0) is 6.61 Å². The van der Waals surface area contributed by atoms with E-state index in [4.69, 9.17) is 33.3 Å². The van der Waals surface area contributed by atoms with Gasteiger partial charge < -0.3 is 9.47 Å². The van der Waals surface area contributed by atoms with E-state index in [-0.39, 0.29) is 10.5 Å². The number of nitrogens with zero attached hydrogens (tertiary/aromatic N) is 3. The number of methoxy groups -OCH3 is 1. The van der Waals surface area contributed by atoms with E-state index < -0.39 is 5.56 Å². The number of aryl methyl sites for hydroxylation is 1. The smallest absolute Gasteiger partial charge is 0.296 e. The summed E-state index contributed by atoms with van der Waals surface area (Å²) in [6, 6.07) is 12.7. The van der Waals surface area contributed by atoms with Crippen LogP contribution >= 0.6 is 23.8 Å². The van der Waals surface area contributed by atoms with Gasteiger partial charge >= 0.3 is 0 Å². The van der Waals surface area contributed by atoms with Crippen molar-refractivity contribution >= 4 is 30.0 Å². The molecule has 0 spiro atoms. The molecule has 0 unspecified atom stereocenters. The minimum absolute atomic E-state index is 0.0957. The number of para-hydroxylation sites is 1. The maximum Gasteiger partial charge on any atom is 0.296 e. The number of benzene rings is 2. The van der Waals surface area contributed by atoms with Gasteiger partial charge in [0.05, 0.1) is 13.3 Å². The molecule has 1 N–H and O–H groups in total. The van der Waals surface area contributed by atoms with Gasteiger partial charge in [0.1, 0.15) is 12.3 Å². The van der Waals surface area contributed by atoms with Gasteiger partial charge in [-0.25, -0.2) is 0 Å². The van der Waals surface area contributed by atoms with Crippen molar-refractivity contribution < 1.29 is 9.47 Å². The van der Waals surface area contributed by atoms with E-state index in [1.807, 2.05) is 12.1 Å². The molecule has 7 nitrogen and oxygen atoms in total. The van der Waals surface area contributed by atoms with Crippen molar-refractivity contribution in [1.82, 2.24) is 14.9 Å². The van der Waals surface area contributed by atoms with E-state index in [0.717, 1.165) is 10.2 Å². The summed E-state index contributed by atoms with van der Waals surface area (Å²) in [4.78, 5) is 12.2. The lowest BCUT2D eigenvalue weighted by molar-refractivity contribution is 0.284. The van der Waals surface area contributed by atoms with Crippen LogP contribution in [0, 0.1) is 11.7 Å². The molecule has 28 heavy (non-hydrogen) atoms. The van der Waals surface area contributed by atoms with Gasteiger partial charge in [0.2, 0.25) is 4.77 Å². The molecule has 0 bridgehead atoms. The van der Waals surface area contributed by atoms with Crippen LogP contribution in [0.2, 0.25) is 5.02 Å². The van der Waals surface area contributed by atoms with Crippen molar-refractivity contribution in [2.75, 3.05) is 7.11 Å². The molecule has 144 valence electrons. The molecule has 2 aromatic carbocycles. The lowest BCUT2D eigenvalue weighted by Crippen LogP contribution is -2.22. The minimum atomic E-state index is -0.397. The van der Waals surface area contributed by atoms with E-state index >= 15 is 0 Å². The van der Waals surface area contributed by atoms with Crippen LogP contribution in [0.15, 0.2) is 52.4 Å². The Hall–Kier alpha value is -2.97. The van der Waals surface area contributed by atoms with Gasteiger partial charge in [-0.1, -0.05) is 29.8 Å². The normalized spacial score (nSPS) is 11.0. The number of halogens is 1. The van der Waals surface area contributed by atoms with Gasteiger partial charge in [0.15, 0.2) is 11.5 Å². The predicted molar refractivity (Wildman–Crippen MR) is 110 cm³/mol. The van der Waals surface area contributed by atoms with Crippen LogP contribution < -0.4 is 15.0 Å². The summed E-state index contributed by atoms with van der Waals surface area (Å²) in [7, 11) is 1.55. The molecule has 0 atom stereocenters. The zero-order valence-corrected chi connectivity index (χ0v) is 16.8. The van der Waals surface area contributed by atoms with Crippen molar-refractivity contribution in [3.05, 3.63) is 79.4 Å². The fourth-order valence-corrected chi connectivity index (χ4v) is 2.68. The highest BCUT2D eigenvalue weighted by Crippen LogP contribution is 2.31. The predicted octanol–water partition coefficient (Wildman–Crippen LogP) is 3.73. The number of ether oxygens (including phenoxy) is 2. The van der Waals surface area contributed by atoms with E-state index in [1.54, 1.807) is 44.4 Å². The molecule has 9 heteroatoms. The third kappa shape index (κ3) is 4.47. The van der Waals surface area contributed by atoms with Crippen molar-refractivity contribution in [2.45, 2.75) is 13.5 Å². The Morgan fingerprint density at radius 1 is 1.29 bits per heavy atom. The van der Waals surface area contributed by atoms with Crippen molar-refractivity contribution in [1.29, 1.82) is 0 Å². The maximum absolute atomic E-state index is 12.2. The summed E-state index contributed by atoms with van der Waals surface area (Å²) < 4.78 is 12.5. The summed E-state index contributed by atoms with van der Waals surface area (Å²) in [5, 5.41) is 11.2. The lowest BCUT2D eigenvalue weighted by Gasteiger charge is -2.13. The van der Waals surface area contributed by atoms with Crippen LogP contribution in [0.3, 0.4) is 0 Å². The second kappa shape index (κ2) is 8.81. The first-order valence-electron chi connectivity index (χ1n) is 8.26.